The van der Waals surface area contributed by atoms with Gasteiger partial charge in [-0.3, -0.25) is 43.3 Å². The Morgan fingerprint density at radius 2 is 1.08 bits per heavy atom. The second-order valence-electron chi connectivity index (χ2n) is 25.9. The number of hydrogen-bond acceptors (Lipinski definition) is 10. The molecule has 488 valence electrons. The van der Waals surface area contributed by atoms with E-state index in [1.165, 1.54) is 172 Å². The molecular weight excluding hydrogens is 1080 g/mol. The zero-order chi connectivity index (χ0) is 62.1. The summed E-state index contributed by atoms with van der Waals surface area (Å²) in [5, 5.41) is 13.6. The molecule has 7 amide bonds. The maximum atomic E-state index is 14.7. The molecule has 2 bridgehead atoms. The van der Waals surface area contributed by atoms with Crippen molar-refractivity contribution in [1.82, 2.24) is 36.4 Å². The van der Waals surface area contributed by atoms with E-state index < -0.39 is 90.2 Å². The van der Waals surface area contributed by atoms with Crippen LogP contribution < -0.4 is 38.1 Å². The van der Waals surface area contributed by atoms with E-state index >= 15 is 0 Å². The van der Waals surface area contributed by atoms with Crippen LogP contribution in [0.1, 0.15) is 291 Å². The van der Waals surface area contributed by atoms with Gasteiger partial charge in [-0.25, -0.2) is 0 Å². The molecule has 0 unspecified atom stereocenters. The average molecular weight is 1200 g/mol. The number of nitrogens with two attached hydrogens (primary N) is 2. The van der Waals surface area contributed by atoms with Crippen LogP contribution in [0.4, 0.5) is 0 Å². The Balaban J connectivity index is 1.63. The third-order valence-electron chi connectivity index (χ3n) is 17.2. The van der Waals surface area contributed by atoms with E-state index in [-0.39, 0.29) is 56.5 Å². The lowest BCUT2D eigenvalue weighted by Gasteiger charge is -2.42. The molecule has 0 saturated carbocycles. The molecule has 3 aliphatic heterocycles. The lowest BCUT2D eigenvalue weighted by molar-refractivity contribution is -0.157. The van der Waals surface area contributed by atoms with Crippen LogP contribution in [0.3, 0.4) is 0 Å². The van der Waals surface area contributed by atoms with Gasteiger partial charge < -0.3 is 52.6 Å². The van der Waals surface area contributed by atoms with Crippen LogP contribution in [-0.2, 0) is 43.1 Å². The number of unbranched alkanes of at least 4 members (excludes halogenated alkanes) is 30. The van der Waals surface area contributed by atoms with Crippen molar-refractivity contribution in [2.45, 2.75) is 327 Å². The van der Waals surface area contributed by atoms with Gasteiger partial charge in [0.1, 0.15) is 29.8 Å². The molecule has 0 aromatic rings. The van der Waals surface area contributed by atoms with Gasteiger partial charge >= 0.3 is 5.97 Å². The molecule has 0 aromatic carbocycles. The summed E-state index contributed by atoms with van der Waals surface area (Å²) >= 11 is 0. The number of nitrogens with one attached hydrogen (secondary N) is 5. The Hall–Kier alpha value is -4.97. The molecule has 19 heteroatoms. The number of nitrogens with zero attached hydrogens (tertiary/aromatic N) is 3. The number of hydrogen-bond donors (Lipinski definition) is 7. The maximum Gasteiger partial charge on any atom is 0.308 e. The first kappa shape index (κ1) is 74.3. The fourth-order valence-corrected chi connectivity index (χ4v) is 12.3. The lowest BCUT2D eigenvalue weighted by atomic mass is 9.85. The van der Waals surface area contributed by atoms with Gasteiger partial charge in [-0.1, -0.05) is 206 Å². The first-order chi connectivity index (χ1) is 40.9. The number of piperidine rings is 1. The van der Waals surface area contributed by atoms with E-state index in [9.17, 15) is 38.4 Å². The normalized spacial score (nSPS) is 20.2. The Morgan fingerprint density at radius 1 is 0.600 bits per heavy atom. The van der Waals surface area contributed by atoms with Crippen molar-refractivity contribution in [3.8, 4) is 0 Å². The van der Waals surface area contributed by atoms with Gasteiger partial charge in [-0.05, 0) is 65.7 Å². The Kier molecular flexibility index (Phi) is 38.9. The SMILES string of the molecule is CCCCCCCCCCCCCCCCCCN(CCCCCCCCCCCCCCCCCC)C(=O)CCC(=O)NC[C@@H]1C[C@@H]2CC[C@H]3C(=O)N[C@@H](CCCN=C(N)N)C(=O)NCC(=O)N[C@@H](CC(=O)OC(C)(C)C)C(=O)N[C@H]1C(=O)N23. The van der Waals surface area contributed by atoms with Crippen molar-refractivity contribution >= 4 is 53.3 Å². The van der Waals surface area contributed by atoms with Crippen LogP contribution in [0, 0.1) is 5.92 Å². The third-order valence-corrected chi connectivity index (χ3v) is 17.2. The van der Waals surface area contributed by atoms with Crippen LogP contribution >= 0.6 is 0 Å². The van der Waals surface area contributed by atoms with Gasteiger partial charge in [0.15, 0.2) is 5.96 Å². The molecule has 6 atom stereocenters. The highest BCUT2D eigenvalue weighted by Crippen LogP contribution is 2.36. The van der Waals surface area contributed by atoms with Crippen LogP contribution in [-0.4, -0.2) is 132 Å². The van der Waals surface area contributed by atoms with E-state index in [0.717, 1.165) is 38.5 Å². The number of carbonyl (C=O) groups excluding carboxylic acids is 8. The fraction of sp³-hybridized carbons (Fsp3) is 0.864. The zero-order valence-corrected chi connectivity index (χ0v) is 54.0. The molecule has 0 aromatic heterocycles. The van der Waals surface area contributed by atoms with E-state index in [1.54, 1.807) is 20.8 Å². The van der Waals surface area contributed by atoms with Crippen molar-refractivity contribution in [3.05, 3.63) is 0 Å². The predicted octanol–water partition coefficient (Wildman–Crippen LogP) is 9.98. The van der Waals surface area contributed by atoms with E-state index in [2.05, 4.69) is 45.4 Å². The standard InChI is InChI=1S/C66H120N10O9/c1-6-8-10-12-14-16-18-20-22-24-26-28-30-32-34-36-45-75(46-37-35-33-31-29-27-25-23-21-19-17-15-13-11-9-7-2)58(79)43-42-56(77)70-49-51-47-52-40-41-55-63(83)73-53(39-38-44-69-65(67)68)61(81)71-50-57(78)72-54(48-59(80)85-66(3,4)5)62(82)74-60(51)64(84)76(52)55/h51-55,60H,6-50H2,1-5H3,(H,70,77)(H,71,81)(H,72,78)(H,73,83)(H,74,82)(H4,67,68,69)/t51-,52-,53-,54-,55-,60+/m0/s1. The van der Waals surface area contributed by atoms with Crippen LogP contribution in [0.25, 0.3) is 0 Å². The van der Waals surface area contributed by atoms with Crippen molar-refractivity contribution in [2.24, 2.45) is 22.4 Å². The molecule has 3 rings (SSSR count). The first-order valence-corrected chi connectivity index (χ1v) is 34.3. The predicted molar refractivity (Wildman–Crippen MR) is 339 cm³/mol. The minimum absolute atomic E-state index is 0.0214. The summed E-state index contributed by atoms with van der Waals surface area (Å²) in [7, 11) is 0. The largest absolute Gasteiger partial charge is 0.460 e. The number of carbonyl (C=O) groups is 8. The topological polar surface area (TPSA) is 277 Å². The van der Waals surface area contributed by atoms with Crippen molar-refractivity contribution in [3.63, 3.8) is 0 Å². The Bertz CT molecular complexity index is 1940. The highest BCUT2D eigenvalue weighted by molar-refractivity contribution is 5.99. The maximum absolute atomic E-state index is 14.7. The zero-order valence-electron chi connectivity index (χ0n) is 54.0. The summed E-state index contributed by atoms with van der Waals surface area (Å²) in [6.45, 7) is 10.4. The molecule has 3 heterocycles. The number of aliphatic imine (C=N–C) groups is 1. The average Bonchev–Trinajstić information content (AvgIpc) is 3.38. The quantitative estimate of drug-likeness (QED) is 0.0130. The van der Waals surface area contributed by atoms with Crippen molar-refractivity contribution in [2.75, 3.05) is 32.7 Å². The summed E-state index contributed by atoms with van der Waals surface area (Å²) < 4.78 is 5.50. The third kappa shape index (κ3) is 33.1. The number of amides is 7. The number of fused-ring (bicyclic) bond motifs is 1. The van der Waals surface area contributed by atoms with E-state index in [4.69, 9.17) is 16.2 Å². The lowest BCUT2D eigenvalue weighted by Crippen LogP contribution is -2.65. The molecule has 0 radical (unpaired) electrons. The van der Waals surface area contributed by atoms with Gasteiger partial charge in [0, 0.05) is 51.0 Å². The summed E-state index contributed by atoms with van der Waals surface area (Å²) in [4.78, 5) is 118. The first-order valence-electron chi connectivity index (χ1n) is 34.3. The highest BCUT2D eigenvalue weighted by Gasteiger charge is 2.51. The molecule has 3 saturated heterocycles. The smallest absolute Gasteiger partial charge is 0.308 e. The second kappa shape index (κ2) is 44.5. The second-order valence-corrected chi connectivity index (χ2v) is 25.9. The number of esters is 1. The molecule has 3 fully saturated rings. The minimum Gasteiger partial charge on any atom is -0.460 e. The summed E-state index contributed by atoms with van der Waals surface area (Å²) in [6, 6.07) is -5.31. The summed E-state index contributed by atoms with van der Waals surface area (Å²) in [5.41, 5.74) is 10.1. The Morgan fingerprint density at radius 3 is 1.55 bits per heavy atom. The van der Waals surface area contributed by atoms with Gasteiger partial charge in [0.2, 0.25) is 41.4 Å². The van der Waals surface area contributed by atoms with Gasteiger partial charge in [-0.15, -0.1) is 0 Å². The van der Waals surface area contributed by atoms with Gasteiger partial charge in [0.25, 0.3) is 0 Å². The molecule has 9 N–H and O–H groups in total. The van der Waals surface area contributed by atoms with Crippen LogP contribution in [0.15, 0.2) is 4.99 Å². The number of rotatable bonds is 45. The van der Waals surface area contributed by atoms with Crippen LogP contribution in [0.5, 0.6) is 0 Å². The Labute approximate surface area is 513 Å². The molecular formula is C66H120N10O9. The molecule has 19 nitrogen and oxygen atoms in total. The van der Waals surface area contributed by atoms with Gasteiger partial charge in [-0.2, -0.15) is 0 Å². The van der Waals surface area contributed by atoms with Crippen LogP contribution in [0.2, 0.25) is 0 Å². The minimum atomic E-state index is -1.51. The number of guanidine groups is 1. The molecule has 3 aliphatic rings. The van der Waals surface area contributed by atoms with Crippen molar-refractivity contribution in [1.29, 1.82) is 0 Å². The van der Waals surface area contributed by atoms with Gasteiger partial charge in [0.05, 0.1) is 13.0 Å². The van der Waals surface area contributed by atoms with E-state index in [1.807, 2.05) is 4.90 Å². The monoisotopic (exact) mass is 1200 g/mol. The molecule has 0 spiro atoms. The molecule has 0 aliphatic carbocycles. The summed E-state index contributed by atoms with van der Waals surface area (Å²) in [5.74, 6) is -5.45. The summed E-state index contributed by atoms with van der Waals surface area (Å²) in [6.07, 6.45) is 41.7. The van der Waals surface area contributed by atoms with Crippen molar-refractivity contribution < 1.29 is 43.1 Å². The van der Waals surface area contributed by atoms with E-state index in [0.29, 0.717) is 32.4 Å². The molecule has 85 heavy (non-hydrogen) atoms. The fourth-order valence-electron chi connectivity index (χ4n) is 12.3. The highest BCUT2D eigenvalue weighted by atomic mass is 16.6. The number of ether oxygens (including phenoxy) is 1.